The zero-order valence-electron chi connectivity index (χ0n) is 18.7. The minimum Gasteiger partial charge on any atom is -0.496 e. The third-order valence-corrected chi connectivity index (χ3v) is 8.68. The first-order chi connectivity index (χ1) is 14.9. The monoisotopic (exact) mass is 434 g/mol. The molecule has 0 unspecified atom stereocenters. The van der Waals surface area contributed by atoms with E-state index >= 15 is 0 Å². The molecular weight excluding hydrogens is 404 g/mol. The van der Waals surface area contributed by atoms with Gasteiger partial charge in [0.15, 0.2) is 0 Å². The number of fused-ring (bicyclic) bond motifs is 4. The van der Waals surface area contributed by atoms with Crippen LogP contribution in [0.2, 0.25) is 0 Å². The van der Waals surface area contributed by atoms with Crippen molar-refractivity contribution in [3.05, 3.63) is 58.0 Å². The fraction of sp³-hybridized carbons (Fsp3) is 0.423. The van der Waals surface area contributed by atoms with E-state index in [2.05, 4.69) is 49.6 Å². The van der Waals surface area contributed by atoms with Crippen LogP contribution in [-0.2, 0) is 12.8 Å². The lowest BCUT2D eigenvalue weighted by Gasteiger charge is -2.36. The summed E-state index contributed by atoms with van der Waals surface area (Å²) in [6.07, 6.45) is 4.09. The van der Waals surface area contributed by atoms with Gasteiger partial charge in [-0.25, -0.2) is 0 Å². The van der Waals surface area contributed by atoms with Gasteiger partial charge in [-0.05, 0) is 53.0 Å². The SMILES string of the molecule is CCC(C)(C)[C@H]1CCc2c(sc3c2C(=O)N[C@@H](c2c(OC)ccc4ccccc24)N3)C1. The van der Waals surface area contributed by atoms with Crippen LogP contribution < -0.4 is 15.4 Å². The molecule has 0 radical (unpaired) electrons. The molecular formula is C26H30N2O2S. The summed E-state index contributed by atoms with van der Waals surface area (Å²) in [4.78, 5) is 14.7. The van der Waals surface area contributed by atoms with E-state index in [1.54, 1.807) is 18.4 Å². The summed E-state index contributed by atoms with van der Waals surface area (Å²) in [5.74, 6) is 1.48. The average molecular weight is 435 g/mol. The number of hydrogen-bond acceptors (Lipinski definition) is 4. The average Bonchev–Trinajstić information content (AvgIpc) is 3.16. The number of benzene rings is 2. The number of thiophene rings is 1. The molecule has 3 aromatic rings. The van der Waals surface area contributed by atoms with Crippen LogP contribution in [0.1, 0.15) is 66.1 Å². The van der Waals surface area contributed by atoms with Crippen LogP contribution in [0.4, 0.5) is 5.00 Å². The summed E-state index contributed by atoms with van der Waals surface area (Å²) in [6.45, 7) is 7.04. The fourth-order valence-corrected chi connectivity index (χ4v) is 6.50. The molecule has 1 aromatic heterocycles. The van der Waals surface area contributed by atoms with Crippen molar-refractivity contribution in [1.29, 1.82) is 0 Å². The highest BCUT2D eigenvalue weighted by Crippen LogP contribution is 2.47. The van der Waals surface area contributed by atoms with Crippen LogP contribution in [0.3, 0.4) is 0 Å². The van der Waals surface area contributed by atoms with Gasteiger partial charge in [-0.2, -0.15) is 0 Å². The molecule has 2 atom stereocenters. The number of rotatable bonds is 4. The highest BCUT2D eigenvalue weighted by molar-refractivity contribution is 7.16. The van der Waals surface area contributed by atoms with E-state index < -0.39 is 0 Å². The predicted octanol–water partition coefficient (Wildman–Crippen LogP) is 6.31. The number of amides is 1. The summed E-state index contributed by atoms with van der Waals surface area (Å²) in [5, 5.41) is 10.1. The third-order valence-electron chi connectivity index (χ3n) is 7.50. The van der Waals surface area contributed by atoms with Gasteiger partial charge in [-0.15, -0.1) is 11.3 Å². The van der Waals surface area contributed by atoms with Crippen molar-refractivity contribution in [3.8, 4) is 5.75 Å². The topological polar surface area (TPSA) is 50.4 Å². The molecule has 2 aromatic carbocycles. The van der Waals surface area contributed by atoms with Gasteiger partial charge < -0.3 is 15.4 Å². The molecule has 162 valence electrons. The van der Waals surface area contributed by atoms with Gasteiger partial charge >= 0.3 is 0 Å². The number of hydrogen-bond donors (Lipinski definition) is 2. The highest BCUT2D eigenvalue weighted by atomic mass is 32.1. The molecule has 0 spiro atoms. The molecule has 31 heavy (non-hydrogen) atoms. The maximum atomic E-state index is 13.3. The van der Waals surface area contributed by atoms with Gasteiger partial charge in [-0.3, -0.25) is 4.79 Å². The normalized spacial score (nSPS) is 20.6. The Morgan fingerprint density at radius 3 is 2.74 bits per heavy atom. The van der Waals surface area contributed by atoms with E-state index in [-0.39, 0.29) is 12.1 Å². The first-order valence-corrected chi connectivity index (χ1v) is 12.0. The van der Waals surface area contributed by atoms with Crippen LogP contribution in [0.5, 0.6) is 5.75 Å². The Kier molecular flexibility index (Phi) is 4.97. The van der Waals surface area contributed by atoms with Crippen molar-refractivity contribution in [3.63, 3.8) is 0 Å². The summed E-state index contributed by atoms with van der Waals surface area (Å²) in [7, 11) is 1.68. The first-order valence-electron chi connectivity index (χ1n) is 11.2. The first kappa shape index (κ1) is 20.4. The van der Waals surface area contributed by atoms with Crippen molar-refractivity contribution in [2.24, 2.45) is 11.3 Å². The smallest absolute Gasteiger partial charge is 0.256 e. The van der Waals surface area contributed by atoms with Crippen molar-refractivity contribution >= 4 is 33.0 Å². The van der Waals surface area contributed by atoms with E-state index in [1.165, 1.54) is 16.9 Å². The van der Waals surface area contributed by atoms with Crippen molar-refractivity contribution in [2.75, 3.05) is 12.4 Å². The molecule has 5 rings (SSSR count). The van der Waals surface area contributed by atoms with Crippen LogP contribution in [0.25, 0.3) is 10.8 Å². The molecule has 2 heterocycles. The number of anilines is 1. The van der Waals surface area contributed by atoms with Crippen LogP contribution in [0, 0.1) is 11.3 Å². The Hall–Kier alpha value is -2.53. The van der Waals surface area contributed by atoms with Gasteiger partial charge in [-0.1, -0.05) is 57.5 Å². The lowest BCUT2D eigenvalue weighted by atomic mass is 9.69. The summed E-state index contributed by atoms with van der Waals surface area (Å²) in [6, 6.07) is 12.3. The van der Waals surface area contributed by atoms with Gasteiger partial charge in [0.05, 0.1) is 12.7 Å². The number of ether oxygens (including phenoxy) is 1. The molecule has 0 bridgehead atoms. The van der Waals surface area contributed by atoms with Crippen LogP contribution in [-0.4, -0.2) is 13.0 Å². The third kappa shape index (κ3) is 3.30. The lowest BCUT2D eigenvalue weighted by Crippen LogP contribution is -2.38. The van der Waals surface area contributed by atoms with Crippen molar-refractivity contribution in [2.45, 2.75) is 52.6 Å². The van der Waals surface area contributed by atoms with Gasteiger partial charge in [0.2, 0.25) is 0 Å². The fourth-order valence-electron chi connectivity index (χ4n) is 5.15. The number of carbonyl (C=O) groups excluding carboxylic acids is 1. The Morgan fingerprint density at radius 2 is 1.97 bits per heavy atom. The lowest BCUT2D eigenvalue weighted by molar-refractivity contribution is 0.0934. The van der Waals surface area contributed by atoms with E-state index in [9.17, 15) is 4.79 Å². The number of methoxy groups -OCH3 is 1. The number of nitrogens with one attached hydrogen (secondary N) is 2. The minimum atomic E-state index is -0.316. The van der Waals surface area contributed by atoms with Gasteiger partial charge in [0, 0.05) is 10.4 Å². The maximum Gasteiger partial charge on any atom is 0.256 e. The van der Waals surface area contributed by atoms with E-state index in [0.717, 1.165) is 51.9 Å². The highest BCUT2D eigenvalue weighted by Gasteiger charge is 2.38. The predicted molar refractivity (Wildman–Crippen MR) is 128 cm³/mol. The molecule has 0 saturated carbocycles. The Bertz CT molecular complexity index is 1160. The second-order valence-corrected chi connectivity index (χ2v) is 10.5. The molecule has 1 aliphatic heterocycles. The van der Waals surface area contributed by atoms with Crippen molar-refractivity contribution in [1.82, 2.24) is 5.32 Å². The molecule has 1 amide bonds. The van der Waals surface area contributed by atoms with Gasteiger partial charge in [0.1, 0.15) is 16.9 Å². The molecule has 1 aliphatic carbocycles. The minimum absolute atomic E-state index is 0.0273. The van der Waals surface area contributed by atoms with E-state index in [4.69, 9.17) is 4.74 Å². The molecule has 2 aliphatic rings. The maximum absolute atomic E-state index is 13.3. The summed E-state index contributed by atoms with van der Waals surface area (Å²) in [5.41, 5.74) is 3.44. The Balaban J connectivity index is 1.54. The zero-order valence-corrected chi connectivity index (χ0v) is 19.5. The van der Waals surface area contributed by atoms with E-state index in [0.29, 0.717) is 11.3 Å². The van der Waals surface area contributed by atoms with Crippen LogP contribution >= 0.6 is 11.3 Å². The Morgan fingerprint density at radius 1 is 1.16 bits per heavy atom. The standard InChI is InChI=1S/C26H30N2O2S/c1-5-26(2,3)16-11-12-18-20(14-16)31-25-22(18)24(29)27-23(28-25)21-17-9-7-6-8-15(17)10-13-19(21)30-4/h6-10,13,16,23,28H,5,11-12,14H2,1-4H3,(H,27,29)/t16-,23+/m0/s1. The largest absolute Gasteiger partial charge is 0.496 e. The molecule has 0 saturated heterocycles. The quantitative estimate of drug-likeness (QED) is 0.506. The molecule has 4 nitrogen and oxygen atoms in total. The molecule has 5 heteroatoms. The Labute approximate surface area is 188 Å². The van der Waals surface area contributed by atoms with Crippen molar-refractivity contribution < 1.29 is 9.53 Å². The second kappa shape index (κ2) is 7.56. The molecule has 2 N–H and O–H groups in total. The summed E-state index contributed by atoms with van der Waals surface area (Å²) >= 11 is 1.78. The van der Waals surface area contributed by atoms with Crippen LogP contribution in [0.15, 0.2) is 36.4 Å². The number of carbonyl (C=O) groups is 1. The zero-order chi connectivity index (χ0) is 21.8. The molecule has 0 fully saturated rings. The summed E-state index contributed by atoms with van der Waals surface area (Å²) < 4.78 is 5.69. The second-order valence-electron chi connectivity index (χ2n) is 9.44. The van der Waals surface area contributed by atoms with E-state index in [1.807, 2.05) is 18.2 Å². The van der Waals surface area contributed by atoms with Gasteiger partial charge in [0.25, 0.3) is 5.91 Å².